The molecular formula is C15H17NO3S. The van der Waals surface area contributed by atoms with Crippen LogP contribution >= 0.6 is 11.3 Å². The Balaban J connectivity index is 1.80. The van der Waals surface area contributed by atoms with E-state index in [-0.39, 0.29) is 12.5 Å². The van der Waals surface area contributed by atoms with Crippen molar-refractivity contribution in [2.75, 3.05) is 13.7 Å². The molecular weight excluding hydrogens is 274 g/mol. The highest BCUT2D eigenvalue weighted by Gasteiger charge is 2.10. The number of carbonyl (C=O) groups is 1. The Kier molecular flexibility index (Phi) is 5.15. The number of aliphatic hydroxyl groups is 1. The summed E-state index contributed by atoms with van der Waals surface area (Å²) in [4.78, 5) is 11.8. The van der Waals surface area contributed by atoms with E-state index in [1.807, 2.05) is 41.1 Å². The molecule has 2 N–H and O–H groups in total. The number of ether oxygens (including phenoxy) is 1. The van der Waals surface area contributed by atoms with Gasteiger partial charge in [0.05, 0.1) is 19.6 Å². The Labute approximate surface area is 122 Å². The number of hydrogen-bond donors (Lipinski definition) is 2. The van der Waals surface area contributed by atoms with Gasteiger partial charge in [-0.15, -0.1) is 0 Å². The van der Waals surface area contributed by atoms with Gasteiger partial charge in [-0.25, -0.2) is 0 Å². The number of hydrogen-bond acceptors (Lipinski definition) is 4. The molecule has 0 aliphatic rings. The number of nitrogens with one attached hydrogen (secondary N) is 1. The maximum absolute atomic E-state index is 11.8. The van der Waals surface area contributed by atoms with Crippen LogP contribution in [-0.2, 0) is 11.2 Å². The van der Waals surface area contributed by atoms with E-state index in [4.69, 9.17) is 4.74 Å². The monoisotopic (exact) mass is 291 g/mol. The highest BCUT2D eigenvalue weighted by Crippen LogP contribution is 2.15. The van der Waals surface area contributed by atoms with E-state index in [2.05, 4.69) is 5.32 Å². The molecule has 1 aromatic heterocycles. The molecule has 1 amide bonds. The van der Waals surface area contributed by atoms with Crippen LogP contribution in [0, 0.1) is 0 Å². The number of amides is 1. The second-order valence-electron chi connectivity index (χ2n) is 4.40. The maximum atomic E-state index is 11.8. The van der Waals surface area contributed by atoms with Crippen molar-refractivity contribution in [1.29, 1.82) is 0 Å². The molecule has 0 saturated heterocycles. The van der Waals surface area contributed by atoms with Crippen molar-refractivity contribution in [3.05, 3.63) is 52.2 Å². The van der Waals surface area contributed by atoms with Crippen LogP contribution in [0.1, 0.15) is 17.2 Å². The van der Waals surface area contributed by atoms with Gasteiger partial charge >= 0.3 is 0 Å². The fourth-order valence-corrected chi connectivity index (χ4v) is 2.49. The minimum atomic E-state index is -0.652. The molecule has 0 radical (unpaired) electrons. The lowest BCUT2D eigenvalue weighted by atomic mass is 10.1. The maximum Gasteiger partial charge on any atom is 0.224 e. The van der Waals surface area contributed by atoms with E-state index in [9.17, 15) is 9.90 Å². The molecule has 1 aromatic carbocycles. The van der Waals surface area contributed by atoms with Gasteiger partial charge in [-0.05, 0) is 40.1 Å². The Morgan fingerprint density at radius 3 is 2.70 bits per heavy atom. The predicted octanol–water partition coefficient (Wildman–Crippen LogP) is 2.15. The number of thiophene rings is 1. The third kappa shape index (κ3) is 4.08. The number of aliphatic hydroxyl groups excluding tert-OH is 1. The van der Waals surface area contributed by atoms with Crippen molar-refractivity contribution in [2.24, 2.45) is 0 Å². The molecule has 0 fully saturated rings. The number of carbonyl (C=O) groups excluding carboxylic acids is 1. The van der Waals surface area contributed by atoms with Gasteiger partial charge in [0.15, 0.2) is 0 Å². The number of rotatable bonds is 6. The topological polar surface area (TPSA) is 58.6 Å². The summed E-state index contributed by atoms with van der Waals surface area (Å²) in [5.74, 6) is 0.659. The molecule has 20 heavy (non-hydrogen) atoms. The van der Waals surface area contributed by atoms with E-state index in [1.165, 1.54) is 11.3 Å². The molecule has 0 aliphatic heterocycles. The van der Waals surface area contributed by atoms with Gasteiger partial charge in [-0.2, -0.15) is 11.3 Å². The highest BCUT2D eigenvalue weighted by atomic mass is 32.1. The third-order valence-corrected chi connectivity index (χ3v) is 3.65. The van der Waals surface area contributed by atoms with Crippen molar-refractivity contribution in [1.82, 2.24) is 5.32 Å². The van der Waals surface area contributed by atoms with Crippen LogP contribution < -0.4 is 10.1 Å². The summed E-state index contributed by atoms with van der Waals surface area (Å²) < 4.78 is 5.06. The Bertz CT molecular complexity index is 537. The smallest absolute Gasteiger partial charge is 0.224 e. The number of methoxy groups -OCH3 is 1. The van der Waals surface area contributed by atoms with Crippen LogP contribution in [0.4, 0.5) is 0 Å². The van der Waals surface area contributed by atoms with E-state index in [0.29, 0.717) is 6.42 Å². The van der Waals surface area contributed by atoms with Gasteiger partial charge in [0.2, 0.25) is 5.91 Å². The highest BCUT2D eigenvalue weighted by molar-refractivity contribution is 7.07. The van der Waals surface area contributed by atoms with Gasteiger partial charge in [-0.3, -0.25) is 4.79 Å². The average Bonchev–Trinajstić information content (AvgIpc) is 3.00. The molecule has 4 nitrogen and oxygen atoms in total. The Morgan fingerprint density at radius 1 is 1.35 bits per heavy atom. The molecule has 1 atom stereocenters. The first-order valence-electron chi connectivity index (χ1n) is 6.29. The molecule has 1 unspecified atom stereocenters. The molecule has 106 valence electrons. The molecule has 2 aromatic rings. The Hall–Kier alpha value is -1.85. The van der Waals surface area contributed by atoms with Gasteiger partial charge in [0.1, 0.15) is 5.75 Å². The largest absolute Gasteiger partial charge is 0.497 e. The van der Waals surface area contributed by atoms with Crippen LogP contribution in [0.5, 0.6) is 5.75 Å². The van der Waals surface area contributed by atoms with Crippen molar-refractivity contribution in [2.45, 2.75) is 12.5 Å². The van der Waals surface area contributed by atoms with E-state index >= 15 is 0 Å². The first-order chi connectivity index (χ1) is 9.69. The summed E-state index contributed by atoms with van der Waals surface area (Å²) >= 11 is 1.52. The van der Waals surface area contributed by atoms with Crippen LogP contribution in [0.15, 0.2) is 41.1 Å². The lowest BCUT2D eigenvalue weighted by molar-refractivity contribution is -0.120. The van der Waals surface area contributed by atoms with Gasteiger partial charge in [0.25, 0.3) is 0 Å². The normalized spacial score (nSPS) is 11.9. The van der Waals surface area contributed by atoms with E-state index < -0.39 is 6.10 Å². The summed E-state index contributed by atoms with van der Waals surface area (Å²) in [6.07, 6.45) is -0.360. The summed E-state index contributed by atoms with van der Waals surface area (Å²) in [5.41, 5.74) is 1.74. The van der Waals surface area contributed by atoms with Crippen LogP contribution in [0.25, 0.3) is 0 Å². The fraction of sp³-hybridized carbons (Fsp3) is 0.267. The molecule has 1 heterocycles. The summed E-state index contributed by atoms with van der Waals surface area (Å²) in [5, 5.41) is 16.4. The van der Waals surface area contributed by atoms with E-state index in [0.717, 1.165) is 16.9 Å². The molecule has 5 heteroatoms. The third-order valence-electron chi connectivity index (χ3n) is 2.94. The fourth-order valence-electron chi connectivity index (χ4n) is 1.78. The van der Waals surface area contributed by atoms with Crippen molar-refractivity contribution in [3.8, 4) is 5.75 Å². The lowest BCUT2D eigenvalue weighted by Crippen LogP contribution is -2.29. The second-order valence-corrected chi connectivity index (χ2v) is 5.18. The first-order valence-corrected chi connectivity index (χ1v) is 7.23. The minimum Gasteiger partial charge on any atom is -0.497 e. The zero-order valence-electron chi connectivity index (χ0n) is 11.2. The first kappa shape index (κ1) is 14.6. The van der Waals surface area contributed by atoms with Gasteiger partial charge in [-0.1, -0.05) is 12.1 Å². The lowest BCUT2D eigenvalue weighted by Gasteiger charge is -2.10. The number of benzene rings is 1. The van der Waals surface area contributed by atoms with Crippen molar-refractivity contribution < 1.29 is 14.6 Å². The summed E-state index contributed by atoms with van der Waals surface area (Å²) in [6, 6.07) is 9.21. The van der Waals surface area contributed by atoms with Gasteiger partial charge < -0.3 is 15.2 Å². The van der Waals surface area contributed by atoms with Crippen LogP contribution in [0.2, 0.25) is 0 Å². The zero-order valence-corrected chi connectivity index (χ0v) is 12.0. The van der Waals surface area contributed by atoms with Crippen LogP contribution in [0.3, 0.4) is 0 Å². The summed E-state index contributed by atoms with van der Waals surface area (Å²) in [6.45, 7) is 0.228. The van der Waals surface area contributed by atoms with Crippen molar-refractivity contribution >= 4 is 17.2 Å². The molecule has 0 bridgehead atoms. The SMILES string of the molecule is COc1ccc(CC(=O)NCC(O)c2ccsc2)cc1. The van der Waals surface area contributed by atoms with E-state index in [1.54, 1.807) is 7.11 Å². The quantitative estimate of drug-likeness (QED) is 0.857. The van der Waals surface area contributed by atoms with Crippen LogP contribution in [-0.4, -0.2) is 24.7 Å². The standard InChI is InChI=1S/C15H17NO3S/c1-19-13-4-2-11(3-5-13)8-15(18)16-9-14(17)12-6-7-20-10-12/h2-7,10,14,17H,8-9H2,1H3,(H,16,18). The summed E-state index contributed by atoms with van der Waals surface area (Å²) in [7, 11) is 1.60. The molecule has 0 aliphatic carbocycles. The molecule has 0 saturated carbocycles. The predicted molar refractivity (Wildman–Crippen MR) is 79.0 cm³/mol. The van der Waals surface area contributed by atoms with Crippen molar-refractivity contribution in [3.63, 3.8) is 0 Å². The Morgan fingerprint density at radius 2 is 2.10 bits per heavy atom. The molecule has 2 rings (SSSR count). The average molecular weight is 291 g/mol. The van der Waals surface area contributed by atoms with Gasteiger partial charge in [0, 0.05) is 6.54 Å². The zero-order chi connectivity index (χ0) is 14.4. The second kappa shape index (κ2) is 7.07. The minimum absolute atomic E-state index is 0.107. The molecule has 0 spiro atoms.